The minimum absolute atomic E-state index is 0.136. The summed E-state index contributed by atoms with van der Waals surface area (Å²) in [5.41, 5.74) is 10.2. The SMILES string of the molecule is CC(=O)c1cc2c(cc1C)C(C)(C)C(C)(C)C2C(C)C.CC(=O)c1cc2c(cc1C)C(C)(C)C(C)C2C(C)C. The van der Waals surface area contributed by atoms with Gasteiger partial charge >= 0.3 is 0 Å². The number of benzene rings is 2. The topological polar surface area (TPSA) is 34.1 Å². The molecule has 0 heterocycles. The Morgan fingerprint density at radius 1 is 0.692 bits per heavy atom. The van der Waals surface area contributed by atoms with E-state index in [4.69, 9.17) is 0 Å². The summed E-state index contributed by atoms with van der Waals surface area (Å²) in [6, 6.07) is 8.86. The van der Waals surface area contributed by atoms with E-state index in [0.717, 1.165) is 22.3 Å². The van der Waals surface area contributed by atoms with Crippen molar-refractivity contribution in [2.75, 3.05) is 0 Å². The van der Waals surface area contributed by atoms with Crippen LogP contribution < -0.4 is 0 Å². The number of rotatable bonds is 4. The minimum Gasteiger partial charge on any atom is -0.295 e. The minimum atomic E-state index is 0.136. The summed E-state index contributed by atoms with van der Waals surface area (Å²) in [4.78, 5) is 23.7. The van der Waals surface area contributed by atoms with Crippen molar-refractivity contribution in [2.24, 2.45) is 23.2 Å². The fourth-order valence-corrected chi connectivity index (χ4v) is 8.06. The van der Waals surface area contributed by atoms with Crippen molar-refractivity contribution in [1.29, 1.82) is 0 Å². The van der Waals surface area contributed by atoms with E-state index < -0.39 is 0 Å². The molecule has 0 amide bonds. The van der Waals surface area contributed by atoms with Crippen LogP contribution in [0.1, 0.15) is 156 Å². The van der Waals surface area contributed by atoms with Crippen LogP contribution in [-0.2, 0) is 10.8 Å². The van der Waals surface area contributed by atoms with Gasteiger partial charge in [0.15, 0.2) is 11.6 Å². The summed E-state index contributed by atoms with van der Waals surface area (Å²) < 4.78 is 0. The molecule has 0 N–H and O–H groups in total. The standard InChI is InChI=1S/C19H28O.C18H26O/c1-11(2)17-15-10-14(13(4)20)12(3)9-16(15)18(5,6)19(17,7)8;1-10(2)17-12(4)18(6,7)16-8-11(3)14(13(5)19)9-15(16)17/h9-11,17H,1-8H3;8-10,12,17H,1-7H3. The molecule has 2 aromatic rings. The second-order valence-corrected chi connectivity index (χ2v) is 15.0. The highest BCUT2D eigenvalue weighted by atomic mass is 16.1. The van der Waals surface area contributed by atoms with Crippen molar-refractivity contribution in [3.8, 4) is 0 Å². The number of Topliss-reactive ketones (excluding diaryl/α,β-unsaturated/α-hetero) is 2. The molecule has 0 radical (unpaired) electrons. The predicted molar refractivity (Wildman–Crippen MR) is 167 cm³/mol. The quantitative estimate of drug-likeness (QED) is 0.368. The van der Waals surface area contributed by atoms with E-state index in [0.29, 0.717) is 29.6 Å². The van der Waals surface area contributed by atoms with Gasteiger partial charge in [-0.2, -0.15) is 0 Å². The summed E-state index contributed by atoms with van der Waals surface area (Å²) in [5.74, 6) is 3.22. The van der Waals surface area contributed by atoms with Crippen molar-refractivity contribution < 1.29 is 9.59 Å². The molecule has 0 bridgehead atoms. The Morgan fingerprint density at radius 3 is 1.54 bits per heavy atom. The van der Waals surface area contributed by atoms with Gasteiger partial charge < -0.3 is 0 Å². The molecule has 39 heavy (non-hydrogen) atoms. The first-order chi connectivity index (χ1) is 17.7. The maximum atomic E-state index is 11.9. The van der Waals surface area contributed by atoms with Gasteiger partial charge in [0.2, 0.25) is 0 Å². The van der Waals surface area contributed by atoms with Gasteiger partial charge in [-0.15, -0.1) is 0 Å². The van der Waals surface area contributed by atoms with Gasteiger partial charge in [0, 0.05) is 11.1 Å². The Labute approximate surface area is 239 Å². The molecule has 2 aliphatic carbocycles. The molecule has 0 aliphatic heterocycles. The Balaban J connectivity index is 0.000000216. The lowest BCUT2D eigenvalue weighted by Crippen LogP contribution is -2.36. The zero-order valence-electron chi connectivity index (χ0n) is 27.5. The number of carbonyl (C=O) groups is 2. The van der Waals surface area contributed by atoms with Crippen LogP contribution in [0.25, 0.3) is 0 Å². The van der Waals surface area contributed by atoms with E-state index in [-0.39, 0.29) is 27.8 Å². The summed E-state index contributed by atoms with van der Waals surface area (Å²) in [6.07, 6.45) is 0. The van der Waals surface area contributed by atoms with Crippen LogP contribution in [0.4, 0.5) is 0 Å². The molecule has 3 atom stereocenters. The molecule has 4 rings (SSSR count). The summed E-state index contributed by atoms with van der Waals surface area (Å²) in [6.45, 7) is 33.1. The van der Waals surface area contributed by atoms with E-state index in [1.807, 2.05) is 0 Å². The zero-order valence-corrected chi connectivity index (χ0v) is 27.5. The average molecular weight is 531 g/mol. The van der Waals surface area contributed by atoms with Crippen LogP contribution in [0.5, 0.6) is 0 Å². The maximum absolute atomic E-state index is 11.9. The number of aryl methyl sites for hydroxylation is 2. The lowest BCUT2D eigenvalue weighted by atomic mass is 9.62. The first kappa shape index (κ1) is 31.3. The molecular formula is C37H54O2. The highest BCUT2D eigenvalue weighted by molar-refractivity contribution is 5.96. The number of fused-ring (bicyclic) bond motifs is 2. The molecule has 2 heteroatoms. The average Bonchev–Trinajstić information content (AvgIpc) is 3.07. The Morgan fingerprint density at radius 2 is 1.13 bits per heavy atom. The number of carbonyl (C=O) groups excluding carboxylic acids is 2. The van der Waals surface area contributed by atoms with Crippen LogP contribution >= 0.6 is 0 Å². The second-order valence-electron chi connectivity index (χ2n) is 15.0. The van der Waals surface area contributed by atoms with Gasteiger partial charge in [0.25, 0.3) is 0 Å². The lowest BCUT2D eigenvalue weighted by Gasteiger charge is -2.41. The number of hydrogen-bond acceptors (Lipinski definition) is 2. The molecule has 0 saturated carbocycles. The predicted octanol–water partition coefficient (Wildman–Crippen LogP) is 10.1. The fraction of sp³-hybridized carbons (Fsp3) is 0.622. The summed E-state index contributed by atoms with van der Waals surface area (Å²) in [7, 11) is 0. The van der Waals surface area contributed by atoms with Gasteiger partial charge in [0.1, 0.15) is 0 Å². The van der Waals surface area contributed by atoms with Crippen LogP contribution in [0.15, 0.2) is 24.3 Å². The molecule has 0 aromatic heterocycles. The third kappa shape index (κ3) is 4.95. The second kappa shape index (κ2) is 10.3. The van der Waals surface area contributed by atoms with Crippen molar-refractivity contribution in [3.05, 3.63) is 68.8 Å². The Kier molecular flexibility index (Phi) is 8.28. The van der Waals surface area contributed by atoms with Crippen molar-refractivity contribution in [3.63, 3.8) is 0 Å². The van der Waals surface area contributed by atoms with Gasteiger partial charge in [-0.25, -0.2) is 0 Å². The van der Waals surface area contributed by atoms with Crippen LogP contribution in [0, 0.1) is 37.0 Å². The molecule has 2 aliphatic rings. The molecule has 3 unspecified atom stereocenters. The first-order valence-electron chi connectivity index (χ1n) is 15.0. The van der Waals surface area contributed by atoms with Gasteiger partial charge in [-0.3, -0.25) is 9.59 Å². The number of ketones is 2. The smallest absolute Gasteiger partial charge is 0.160 e. The fourth-order valence-electron chi connectivity index (χ4n) is 8.06. The maximum Gasteiger partial charge on any atom is 0.160 e. The molecule has 2 aromatic carbocycles. The normalized spacial score (nSPS) is 23.8. The summed E-state index contributed by atoms with van der Waals surface area (Å²) >= 11 is 0. The van der Waals surface area contributed by atoms with E-state index in [1.165, 1.54) is 22.3 Å². The van der Waals surface area contributed by atoms with Crippen LogP contribution in [-0.4, -0.2) is 11.6 Å². The molecular weight excluding hydrogens is 476 g/mol. The zero-order chi connectivity index (χ0) is 30.0. The molecule has 0 saturated heterocycles. The van der Waals surface area contributed by atoms with Crippen molar-refractivity contribution in [1.82, 2.24) is 0 Å². The Hall–Kier alpha value is -2.22. The highest BCUT2D eigenvalue weighted by Gasteiger charge is 2.53. The third-order valence-electron chi connectivity index (χ3n) is 11.1. The van der Waals surface area contributed by atoms with Gasteiger partial charge in [-0.05, 0) is 119 Å². The van der Waals surface area contributed by atoms with Crippen molar-refractivity contribution >= 4 is 11.6 Å². The largest absolute Gasteiger partial charge is 0.295 e. The van der Waals surface area contributed by atoms with E-state index in [2.05, 4.69) is 114 Å². The van der Waals surface area contributed by atoms with Crippen LogP contribution in [0.2, 0.25) is 0 Å². The monoisotopic (exact) mass is 530 g/mol. The van der Waals surface area contributed by atoms with E-state index in [1.54, 1.807) is 13.8 Å². The third-order valence-corrected chi connectivity index (χ3v) is 11.1. The first-order valence-corrected chi connectivity index (χ1v) is 15.0. The summed E-state index contributed by atoms with van der Waals surface area (Å²) in [5, 5.41) is 0. The van der Waals surface area contributed by atoms with Crippen LogP contribution in [0.3, 0.4) is 0 Å². The van der Waals surface area contributed by atoms with E-state index >= 15 is 0 Å². The molecule has 214 valence electrons. The Bertz CT molecular complexity index is 1280. The van der Waals surface area contributed by atoms with Gasteiger partial charge in [0.05, 0.1) is 0 Å². The number of hydrogen-bond donors (Lipinski definition) is 0. The lowest BCUT2D eigenvalue weighted by molar-refractivity contribution is 0.100. The van der Waals surface area contributed by atoms with Gasteiger partial charge in [-0.1, -0.05) is 88.3 Å². The van der Waals surface area contributed by atoms with Crippen molar-refractivity contribution in [2.45, 2.75) is 127 Å². The molecule has 0 fully saturated rings. The molecule has 2 nitrogen and oxygen atoms in total. The molecule has 0 spiro atoms. The van der Waals surface area contributed by atoms with E-state index in [9.17, 15) is 9.59 Å². The highest BCUT2D eigenvalue weighted by Crippen LogP contribution is 2.61.